The number of carbonyl (C=O) groups excluding carboxylic acids is 3. The SMILES string of the molecule is COC(=O)[C@@]1(c2ccccc2)N[C@@H](c2cccs2)[C@H]2C(=O)N(c3ccc(F)cc3)C(=O)[C@@H]21. The maximum Gasteiger partial charge on any atom is 0.331 e. The van der Waals surface area contributed by atoms with Crippen LogP contribution in [0.5, 0.6) is 0 Å². The number of ether oxygens (including phenoxy) is 1. The molecule has 3 heterocycles. The fraction of sp³-hybridized carbons (Fsp3) is 0.208. The van der Waals surface area contributed by atoms with Crippen LogP contribution in [0.3, 0.4) is 0 Å². The van der Waals surface area contributed by atoms with E-state index in [2.05, 4.69) is 5.32 Å². The van der Waals surface area contributed by atoms with Crippen molar-refractivity contribution in [2.45, 2.75) is 11.6 Å². The second kappa shape index (κ2) is 7.65. The summed E-state index contributed by atoms with van der Waals surface area (Å²) in [6.45, 7) is 0. The number of imide groups is 1. The van der Waals surface area contributed by atoms with Gasteiger partial charge in [-0.25, -0.2) is 14.1 Å². The summed E-state index contributed by atoms with van der Waals surface area (Å²) < 4.78 is 18.7. The second-order valence-corrected chi connectivity index (χ2v) is 8.77. The molecule has 0 aliphatic carbocycles. The molecule has 0 saturated carbocycles. The van der Waals surface area contributed by atoms with E-state index in [1.54, 1.807) is 24.3 Å². The van der Waals surface area contributed by atoms with Crippen molar-refractivity contribution in [3.8, 4) is 0 Å². The summed E-state index contributed by atoms with van der Waals surface area (Å²) in [5, 5.41) is 5.21. The molecule has 162 valence electrons. The van der Waals surface area contributed by atoms with Gasteiger partial charge in [0, 0.05) is 4.88 Å². The van der Waals surface area contributed by atoms with Crippen molar-refractivity contribution in [2.75, 3.05) is 12.0 Å². The number of esters is 1. The second-order valence-electron chi connectivity index (χ2n) is 7.79. The average Bonchev–Trinajstić information content (AvgIpc) is 3.52. The minimum atomic E-state index is -1.54. The van der Waals surface area contributed by atoms with Gasteiger partial charge in [-0.3, -0.25) is 14.9 Å². The van der Waals surface area contributed by atoms with Crippen molar-refractivity contribution in [2.24, 2.45) is 11.8 Å². The summed E-state index contributed by atoms with van der Waals surface area (Å²) in [7, 11) is 1.27. The minimum Gasteiger partial charge on any atom is -0.467 e. The molecule has 0 unspecified atom stereocenters. The lowest BCUT2D eigenvalue weighted by Crippen LogP contribution is -2.53. The first-order chi connectivity index (χ1) is 15.5. The average molecular weight is 450 g/mol. The Labute approximate surface area is 187 Å². The largest absolute Gasteiger partial charge is 0.467 e. The third-order valence-corrected chi connectivity index (χ3v) is 7.19. The topological polar surface area (TPSA) is 75.7 Å². The van der Waals surface area contributed by atoms with E-state index in [9.17, 15) is 18.8 Å². The summed E-state index contributed by atoms with van der Waals surface area (Å²) in [5.74, 6) is -3.92. The van der Waals surface area contributed by atoms with Crippen LogP contribution >= 0.6 is 11.3 Å². The third-order valence-electron chi connectivity index (χ3n) is 6.23. The Kier molecular flexibility index (Phi) is 4.91. The summed E-state index contributed by atoms with van der Waals surface area (Å²) in [6, 6.07) is 17.2. The molecule has 4 atom stereocenters. The zero-order valence-electron chi connectivity index (χ0n) is 17.0. The van der Waals surface area contributed by atoms with Crippen LogP contribution in [0.2, 0.25) is 0 Å². The predicted molar refractivity (Wildman–Crippen MR) is 116 cm³/mol. The van der Waals surface area contributed by atoms with Crippen molar-refractivity contribution >= 4 is 34.8 Å². The molecule has 6 nitrogen and oxygen atoms in total. The standard InChI is InChI=1S/C24H19FN2O4S/c1-31-23(30)24(14-6-3-2-4-7-14)19-18(20(26-24)17-8-5-13-32-17)21(28)27(22(19)29)16-11-9-15(25)10-12-16/h2-13,18-20,26H,1H3/t18-,19+,20-,24-/m0/s1. The fourth-order valence-electron chi connectivity index (χ4n) is 4.90. The van der Waals surface area contributed by atoms with Crippen LogP contribution in [0.15, 0.2) is 72.1 Å². The van der Waals surface area contributed by atoms with Gasteiger partial charge in [0.1, 0.15) is 5.82 Å². The molecule has 8 heteroatoms. The monoisotopic (exact) mass is 450 g/mol. The zero-order valence-corrected chi connectivity index (χ0v) is 17.8. The number of halogens is 1. The molecule has 2 fully saturated rings. The van der Waals surface area contributed by atoms with E-state index < -0.39 is 47.0 Å². The number of rotatable bonds is 4. The number of nitrogens with zero attached hydrogens (tertiary/aromatic N) is 1. The van der Waals surface area contributed by atoms with E-state index >= 15 is 0 Å². The maximum atomic E-state index is 13.8. The van der Waals surface area contributed by atoms with Gasteiger partial charge in [-0.1, -0.05) is 36.4 Å². The molecule has 0 spiro atoms. The van der Waals surface area contributed by atoms with Crippen LogP contribution in [0, 0.1) is 17.7 Å². The number of hydrogen-bond donors (Lipinski definition) is 1. The Morgan fingerprint density at radius 2 is 1.75 bits per heavy atom. The number of fused-ring (bicyclic) bond motifs is 1. The normalized spacial score (nSPS) is 26.9. The number of nitrogens with one attached hydrogen (secondary N) is 1. The molecule has 2 aromatic carbocycles. The molecular formula is C24H19FN2O4S. The van der Waals surface area contributed by atoms with E-state index in [0.29, 0.717) is 5.56 Å². The van der Waals surface area contributed by atoms with Crippen LogP contribution in [0.25, 0.3) is 0 Å². The Balaban J connectivity index is 1.71. The van der Waals surface area contributed by atoms with Crippen LogP contribution < -0.4 is 10.2 Å². The molecule has 0 bridgehead atoms. The number of thiophene rings is 1. The first-order valence-corrected chi connectivity index (χ1v) is 11.0. The minimum absolute atomic E-state index is 0.271. The van der Waals surface area contributed by atoms with E-state index in [4.69, 9.17) is 4.74 Å². The number of carbonyl (C=O) groups is 3. The zero-order chi connectivity index (χ0) is 22.5. The van der Waals surface area contributed by atoms with E-state index in [0.717, 1.165) is 9.78 Å². The molecule has 1 aromatic heterocycles. The van der Waals surface area contributed by atoms with Gasteiger partial charge in [-0.05, 0) is 41.3 Å². The molecule has 2 amide bonds. The first-order valence-electron chi connectivity index (χ1n) is 10.1. The van der Waals surface area contributed by atoms with Crippen LogP contribution in [0.4, 0.5) is 10.1 Å². The predicted octanol–water partition coefficient (Wildman–Crippen LogP) is 3.41. The van der Waals surface area contributed by atoms with Gasteiger partial charge in [0.05, 0.1) is 30.7 Å². The van der Waals surface area contributed by atoms with Gasteiger partial charge in [-0.2, -0.15) is 0 Å². The number of methoxy groups -OCH3 is 1. The molecule has 2 aliphatic heterocycles. The number of hydrogen-bond acceptors (Lipinski definition) is 6. The molecule has 32 heavy (non-hydrogen) atoms. The van der Waals surface area contributed by atoms with Gasteiger partial charge in [-0.15, -0.1) is 11.3 Å². The van der Waals surface area contributed by atoms with Crippen molar-refractivity contribution < 1.29 is 23.5 Å². The van der Waals surface area contributed by atoms with Gasteiger partial charge in [0.15, 0.2) is 5.54 Å². The van der Waals surface area contributed by atoms with Crippen LogP contribution in [0.1, 0.15) is 16.5 Å². The number of anilines is 1. The summed E-state index contributed by atoms with van der Waals surface area (Å²) in [6.07, 6.45) is 0. The first kappa shape index (κ1) is 20.5. The van der Waals surface area contributed by atoms with Crippen molar-refractivity contribution in [1.82, 2.24) is 5.32 Å². The molecule has 3 aromatic rings. The molecule has 2 aliphatic rings. The van der Waals surface area contributed by atoms with E-state index in [1.807, 2.05) is 23.6 Å². The van der Waals surface area contributed by atoms with Gasteiger partial charge >= 0.3 is 5.97 Å². The Morgan fingerprint density at radius 1 is 1.03 bits per heavy atom. The van der Waals surface area contributed by atoms with Gasteiger partial charge in [0.25, 0.3) is 0 Å². The van der Waals surface area contributed by atoms with E-state index in [-0.39, 0.29) is 5.69 Å². The Morgan fingerprint density at radius 3 is 2.38 bits per heavy atom. The van der Waals surface area contributed by atoms with Crippen molar-refractivity contribution in [3.63, 3.8) is 0 Å². The maximum absolute atomic E-state index is 13.8. The van der Waals surface area contributed by atoms with Crippen molar-refractivity contribution in [3.05, 3.63) is 88.4 Å². The van der Waals surface area contributed by atoms with Crippen LogP contribution in [-0.2, 0) is 24.7 Å². The molecule has 0 radical (unpaired) electrons. The third kappa shape index (κ3) is 2.83. The fourth-order valence-corrected chi connectivity index (χ4v) is 5.72. The summed E-state index contributed by atoms with van der Waals surface area (Å²) in [4.78, 5) is 42.6. The smallest absolute Gasteiger partial charge is 0.331 e. The lowest BCUT2D eigenvalue weighted by Gasteiger charge is -2.32. The Bertz CT molecular complexity index is 1180. The quantitative estimate of drug-likeness (QED) is 0.487. The van der Waals surface area contributed by atoms with Gasteiger partial charge in [0.2, 0.25) is 11.8 Å². The van der Waals surface area contributed by atoms with Crippen molar-refractivity contribution in [1.29, 1.82) is 0 Å². The van der Waals surface area contributed by atoms with Crippen LogP contribution in [-0.4, -0.2) is 24.9 Å². The highest BCUT2D eigenvalue weighted by Gasteiger charge is 2.69. The highest BCUT2D eigenvalue weighted by molar-refractivity contribution is 7.10. The number of benzene rings is 2. The molecule has 5 rings (SSSR count). The molecular weight excluding hydrogens is 431 g/mol. The molecule has 2 saturated heterocycles. The summed E-state index contributed by atoms with van der Waals surface area (Å²) >= 11 is 1.44. The summed E-state index contributed by atoms with van der Waals surface area (Å²) in [5.41, 5.74) is -0.729. The van der Waals surface area contributed by atoms with E-state index in [1.165, 1.54) is 42.7 Å². The lowest BCUT2D eigenvalue weighted by molar-refractivity contribution is -0.152. The lowest BCUT2D eigenvalue weighted by atomic mass is 9.75. The molecule has 1 N–H and O–H groups in total. The van der Waals surface area contributed by atoms with Gasteiger partial charge < -0.3 is 4.74 Å². The highest BCUT2D eigenvalue weighted by atomic mass is 32.1. The number of amides is 2. The highest BCUT2D eigenvalue weighted by Crippen LogP contribution is 2.54. The Hall–Kier alpha value is -3.36.